The minimum atomic E-state index is -0.578. The second kappa shape index (κ2) is 5.72. The predicted molar refractivity (Wildman–Crippen MR) is 79.2 cm³/mol. The van der Waals surface area contributed by atoms with Gasteiger partial charge in [-0.15, -0.1) is 0 Å². The van der Waals surface area contributed by atoms with E-state index >= 15 is 0 Å². The first-order valence-electron chi connectivity index (χ1n) is 6.69. The molecule has 1 aromatic rings. The van der Waals surface area contributed by atoms with Gasteiger partial charge in [0.25, 0.3) is 5.91 Å². The number of hydrogen-bond donors (Lipinski definition) is 0. The van der Waals surface area contributed by atoms with Crippen molar-refractivity contribution in [1.29, 1.82) is 0 Å². The fourth-order valence-corrected chi connectivity index (χ4v) is 2.81. The lowest BCUT2D eigenvalue weighted by atomic mass is 9.93. The third-order valence-electron chi connectivity index (χ3n) is 3.53. The Hall–Kier alpha value is -1.10. The molecule has 0 bridgehead atoms. The molecule has 3 nitrogen and oxygen atoms in total. The van der Waals surface area contributed by atoms with Crippen LogP contribution in [0.2, 0.25) is 0 Å². The highest BCUT2D eigenvalue weighted by Crippen LogP contribution is 2.30. The maximum Gasteiger partial charge on any atom is 0.263 e. The molecule has 20 heavy (non-hydrogen) atoms. The molecule has 0 aliphatic carbocycles. The second-order valence-electron chi connectivity index (χ2n) is 6.01. The van der Waals surface area contributed by atoms with Gasteiger partial charge >= 0.3 is 0 Å². The molecule has 1 atom stereocenters. The second-order valence-corrected chi connectivity index (χ2v) is 6.86. The fourth-order valence-electron chi connectivity index (χ4n) is 2.37. The van der Waals surface area contributed by atoms with Crippen LogP contribution in [0.1, 0.15) is 27.2 Å². The quantitative estimate of drug-likeness (QED) is 0.838. The first-order valence-corrected chi connectivity index (χ1v) is 7.48. The summed E-state index contributed by atoms with van der Waals surface area (Å²) in [6.07, 6.45) is 0.428. The maximum atomic E-state index is 13.0. The van der Waals surface area contributed by atoms with Crippen molar-refractivity contribution in [2.24, 2.45) is 5.41 Å². The zero-order chi connectivity index (χ0) is 14.9. The van der Waals surface area contributed by atoms with E-state index in [9.17, 15) is 9.18 Å². The van der Waals surface area contributed by atoms with E-state index in [1.165, 1.54) is 18.2 Å². The molecule has 1 saturated heterocycles. The Morgan fingerprint density at radius 2 is 2.20 bits per heavy atom. The molecular formula is C15H19BrFNO2. The van der Waals surface area contributed by atoms with Crippen molar-refractivity contribution in [3.63, 3.8) is 0 Å². The van der Waals surface area contributed by atoms with Gasteiger partial charge in [-0.2, -0.15) is 0 Å². The summed E-state index contributed by atoms with van der Waals surface area (Å²) in [6.45, 7) is 7.56. The van der Waals surface area contributed by atoms with E-state index < -0.39 is 6.10 Å². The number of nitrogens with zero attached hydrogens (tertiary/aromatic N) is 1. The highest BCUT2D eigenvalue weighted by Gasteiger charge is 2.34. The average Bonchev–Trinajstić information content (AvgIpc) is 2.72. The number of carbonyl (C=O) groups excluding carboxylic acids is 1. The van der Waals surface area contributed by atoms with E-state index in [2.05, 4.69) is 29.8 Å². The van der Waals surface area contributed by atoms with E-state index in [1.54, 1.807) is 6.92 Å². The van der Waals surface area contributed by atoms with Crippen molar-refractivity contribution in [2.45, 2.75) is 33.3 Å². The van der Waals surface area contributed by atoms with Gasteiger partial charge in [0.15, 0.2) is 6.10 Å². The summed E-state index contributed by atoms with van der Waals surface area (Å²) >= 11 is 3.24. The van der Waals surface area contributed by atoms with E-state index in [0.29, 0.717) is 10.2 Å². The molecule has 1 aliphatic heterocycles. The fraction of sp³-hybridized carbons (Fsp3) is 0.533. The van der Waals surface area contributed by atoms with Crippen LogP contribution in [0.15, 0.2) is 22.7 Å². The van der Waals surface area contributed by atoms with E-state index in [-0.39, 0.29) is 17.1 Å². The van der Waals surface area contributed by atoms with Crippen molar-refractivity contribution in [1.82, 2.24) is 4.90 Å². The van der Waals surface area contributed by atoms with Gasteiger partial charge in [0.2, 0.25) is 0 Å². The minimum absolute atomic E-state index is 0.0215. The summed E-state index contributed by atoms with van der Waals surface area (Å²) in [5.74, 6) is 0.113. The van der Waals surface area contributed by atoms with E-state index in [4.69, 9.17) is 4.74 Å². The summed E-state index contributed by atoms with van der Waals surface area (Å²) in [6, 6.07) is 4.17. The van der Waals surface area contributed by atoms with E-state index in [1.807, 2.05) is 4.90 Å². The minimum Gasteiger partial charge on any atom is -0.480 e. The molecule has 1 amide bonds. The van der Waals surface area contributed by atoms with Crippen LogP contribution in [0.25, 0.3) is 0 Å². The normalized spacial score (nSPS) is 18.9. The van der Waals surface area contributed by atoms with Crippen molar-refractivity contribution in [3.8, 4) is 5.75 Å². The first kappa shape index (κ1) is 15.3. The van der Waals surface area contributed by atoms with Crippen molar-refractivity contribution in [2.75, 3.05) is 13.1 Å². The number of amides is 1. The van der Waals surface area contributed by atoms with Gasteiger partial charge in [-0.05, 0) is 52.9 Å². The molecule has 0 aromatic heterocycles. The lowest BCUT2D eigenvalue weighted by Crippen LogP contribution is -2.39. The zero-order valence-corrected chi connectivity index (χ0v) is 13.5. The molecule has 1 aromatic carbocycles. The molecule has 0 spiro atoms. The first-order chi connectivity index (χ1) is 9.28. The molecule has 0 saturated carbocycles. The number of benzene rings is 1. The number of likely N-dealkylation sites (tertiary alicyclic amines) is 1. The largest absolute Gasteiger partial charge is 0.480 e. The summed E-state index contributed by atoms with van der Waals surface area (Å²) in [7, 11) is 0. The van der Waals surface area contributed by atoms with Gasteiger partial charge in [0, 0.05) is 13.1 Å². The third-order valence-corrected chi connectivity index (χ3v) is 4.15. The Labute approximate surface area is 127 Å². The Kier molecular flexibility index (Phi) is 4.37. The molecule has 1 aliphatic rings. The van der Waals surface area contributed by atoms with Gasteiger partial charge in [0.05, 0.1) is 4.47 Å². The predicted octanol–water partition coefficient (Wildman–Crippen LogP) is 3.61. The van der Waals surface area contributed by atoms with Crippen molar-refractivity contribution < 1.29 is 13.9 Å². The Morgan fingerprint density at radius 1 is 1.50 bits per heavy atom. The van der Waals surface area contributed by atoms with Crippen LogP contribution < -0.4 is 4.74 Å². The molecular weight excluding hydrogens is 325 g/mol. The molecule has 1 heterocycles. The molecule has 0 unspecified atom stereocenters. The Morgan fingerprint density at radius 3 is 2.75 bits per heavy atom. The van der Waals surface area contributed by atoms with Crippen LogP contribution in [0.3, 0.4) is 0 Å². The van der Waals surface area contributed by atoms with Crippen LogP contribution in [0.4, 0.5) is 4.39 Å². The summed E-state index contributed by atoms with van der Waals surface area (Å²) < 4.78 is 19.2. The lowest BCUT2D eigenvalue weighted by Gasteiger charge is -2.23. The zero-order valence-electron chi connectivity index (χ0n) is 12.0. The van der Waals surface area contributed by atoms with Gasteiger partial charge in [-0.25, -0.2) is 4.39 Å². The molecule has 5 heteroatoms. The number of halogens is 2. The number of ether oxygens (including phenoxy) is 1. The number of rotatable bonds is 3. The molecule has 0 N–H and O–H groups in total. The van der Waals surface area contributed by atoms with Crippen LogP contribution in [0, 0.1) is 11.2 Å². The highest BCUT2D eigenvalue weighted by molar-refractivity contribution is 9.10. The van der Waals surface area contributed by atoms with Crippen LogP contribution in [0.5, 0.6) is 5.75 Å². The van der Waals surface area contributed by atoms with Crippen LogP contribution in [-0.2, 0) is 4.79 Å². The van der Waals surface area contributed by atoms with Gasteiger partial charge in [0.1, 0.15) is 11.6 Å². The lowest BCUT2D eigenvalue weighted by molar-refractivity contribution is -0.137. The smallest absolute Gasteiger partial charge is 0.263 e. The summed E-state index contributed by atoms with van der Waals surface area (Å²) in [4.78, 5) is 14.2. The number of carbonyl (C=O) groups is 1. The number of hydrogen-bond acceptors (Lipinski definition) is 2. The Bertz CT molecular complexity index is 519. The van der Waals surface area contributed by atoms with Crippen LogP contribution in [-0.4, -0.2) is 30.0 Å². The highest BCUT2D eigenvalue weighted by atomic mass is 79.9. The summed E-state index contributed by atoms with van der Waals surface area (Å²) in [5, 5.41) is 0. The van der Waals surface area contributed by atoms with E-state index in [0.717, 1.165) is 19.5 Å². The SMILES string of the molecule is C[C@@H](Oc1ccc(F)cc1Br)C(=O)N1CCC(C)(C)C1. The van der Waals surface area contributed by atoms with Gasteiger partial charge < -0.3 is 9.64 Å². The standard InChI is InChI=1S/C15H19BrFNO2/c1-10(14(19)18-7-6-15(2,3)9-18)20-13-5-4-11(17)8-12(13)16/h4-5,8,10H,6-7,9H2,1-3H3/t10-/m1/s1. The molecule has 0 radical (unpaired) electrons. The summed E-state index contributed by atoms with van der Waals surface area (Å²) in [5.41, 5.74) is 0.172. The van der Waals surface area contributed by atoms with Crippen LogP contribution >= 0.6 is 15.9 Å². The Balaban J connectivity index is 2.01. The topological polar surface area (TPSA) is 29.5 Å². The molecule has 110 valence electrons. The molecule has 2 rings (SSSR count). The van der Waals surface area contributed by atoms with Gasteiger partial charge in [-0.1, -0.05) is 13.8 Å². The van der Waals surface area contributed by atoms with Crippen molar-refractivity contribution >= 4 is 21.8 Å². The third kappa shape index (κ3) is 3.51. The van der Waals surface area contributed by atoms with Crippen molar-refractivity contribution in [3.05, 3.63) is 28.5 Å². The van der Waals surface area contributed by atoms with Gasteiger partial charge in [-0.3, -0.25) is 4.79 Å². The average molecular weight is 344 g/mol. The maximum absolute atomic E-state index is 13.0. The monoisotopic (exact) mass is 343 g/mol. The molecule has 1 fully saturated rings.